The summed E-state index contributed by atoms with van der Waals surface area (Å²) in [6.45, 7) is 1.92. The molecule has 112 valence electrons. The number of rotatable bonds is 3. The maximum Gasteiger partial charge on any atom is 0.315 e. The summed E-state index contributed by atoms with van der Waals surface area (Å²) in [5.74, 6) is 0.762. The summed E-state index contributed by atoms with van der Waals surface area (Å²) >= 11 is 0. The van der Waals surface area contributed by atoms with Crippen molar-refractivity contribution in [2.24, 2.45) is 7.05 Å². The molecule has 1 aromatic heterocycles. The molecule has 6 heteroatoms. The topological polar surface area (TPSA) is 71.8 Å². The molecule has 1 atom stereocenters. The molecule has 2 amide bonds. The van der Waals surface area contributed by atoms with Crippen molar-refractivity contribution in [3.63, 3.8) is 0 Å². The number of amides is 2. The van der Waals surface area contributed by atoms with E-state index in [9.17, 15) is 4.79 Å². The Hall–Kier alpha value is -1.59. The van der Waals surface area contributed by atoms with Crippen LogP contribution < -0.4 is 10.6 Å². The van der Waals surface area contributed by atoms with Gasteiger partial charge in [0.25, 0.3) is 0 Å². The van der Waals surface area contributed by atoms with Gasteiger partial charge in [-0.25, -0.2) is 4.79 Å². The van der Waals surface area contributed by atoms with Crippen molar-refractivity contribution < 1.29 is 4.79 Å². The Kier molecular flexibility index (Phi) is 5.38. The second kappa shape index (κ2) is 7.26. The Balaban J connectivity index is 1.80. The van der Waals surface area contributed by atoms with Gasteiger partial charge in [-0.2, -0.15) is 0 Å². The average Bonchev–Trinajstić information content (AvgIpc) is 2.78. The van der Waals surface area contributed by atoms with Crippen molar-refractivity contribution in [3.05, 3.63) is 12.2 Å². The van der Waals surface area contributed by atoms with Crippen molar-refractivity contribution >= 4 is 6.03 Å². The minimum Gasteiger partial charge on any atom is -0.335 e. The predicted octanol–water partition coefficient (Wildman–Crippen LogP) is 2.29. The largest absolute Gasteiger partial charge is 0.335 e. The van der Waals surface area contributed by atoms with Crippen molar-refractivity contribution in [1.29, 1.82) is 0 Å². The van der Waals surface area contributed by atoms with Crippen LogP contribution in [0.2, 0.25) is 0 Å². The van der Waals surface area contributed by atoms with Crippen molar-refractivity contribution in [3.8, 4) is 0 Å². The van der Waals surface area contributed by atoms with Crippen LogP contribution in [0.15, 0.2) is 6.33 Å². The molecule has 1 aliphatic carbocycles. The molecule has 1 saturated carbocycles. The Morgan fingerprint density at radius 1 is 1.30 bits per heavy atom. The first kappa shape index (κ1) is 14.8. The number of nitrogens with zero attached hydrogens (tertiary/aromatic N) is 3. The van der Waals surface area contributed by atoms with Crippen LogP contribution in [0.4, 0.5) is 4.79 Å². The van der Waals surface area contributed by atoms with E-state index in [1.807, 2.05) is 18.5 Å². The molecule has 1 fully saturated rings. The number of carbonyl (C=O) groups is 1. The second-order valence-corrected chi connectivity index (χ2v) is 5.68. The molecule has 1 aliphatic rings. The van der Waals surface area contributed by atoms with E-state index in [4.69, 9.17) is 0 Å². The van der Waals surface area contributed by atoms with Crippen LogP contribution >= 0.6 is 0 Å². The summed E-state index contributed by atoms with van der Waals surface area (Å²) in [5, 5.41) is 13.9. The molecule has 0 saturated heterocycles. The van der Waals surface area contributed by atoms with Gasteiger partial charge in [0, 0.05) is 13.1 Å². The van der Waals surface area contributed by atoms with E-state index in [0.717, 1.165) is 18.7 Å². The third-order valence-corrected chi connectivity index (χ3v) is 3.92. The van der Waals surface area contributed by atoms with Gasteiger partial charge < -0.3 is 15.2 Å². The smallest absolute Gasteiger partial charge is 0.315 e. The summed E-state index contributed by atoms with van der Waals surface area (Å²) in [7, 11) is 1.88. The summed E-state index contributed by atoms with van der Waals surface area (Å²) < 4.78 is 1.82. The highest BCUT2D eigenvalue weighted by Crippen LogP contribution is 2.17. The third kappa shape index (κ3) is 4.21. The molecule has 0 spiro atoms. The average molecular weight is 279 g/mol. The molecule has 0 radical (unpaired) electrons. The molecular formula is C14H25N5O. The molecule has 1 aromatic rings. The lowest BCUT2D eigenvalue weighted by atomic mass is 9.97. The van der Waals surface area contributed by atoms with Gasteiger partial charge in [-0.05, 0) is 19.8 Å². The van der Waals surface area contributed by atoms with Crippen LogP contribution in [0.25, 0.3) is 0 Å². The standard InChI is InChI=1S/C14H25N5O/c1-11(13-18-15-10-19(13)2)16-14(20)17-12-8-6-4-3-5-7-9-12/h10-12H,3-9H2,1-2H3,(H2,16,17,20)/t11-/m0/s1. The number of carbonyl (C=O) groups excluding carboxylic acids is 1. The highest BCUT2D eigenvalue weighted by atomic mass is 16.2. The molecule has 20 heavy (non-hydrogen) atoms. The molecule has 6 nitrogen and oxygen atoms in total. The van der Waals surface area contributed by atoms with Gasteiger partial charge in [0.2, 0.25) is 0 Å². The fraction of sp³-hybridized carbons (Fsp3) is 0.786. The number of urea groups is 1. The Morgan fingerprint density at radius 3 is 2.55 bits per heavy atom. The minimum atomic E-state index is -0.143. The van der Waals surface area contributed by atoms with Crippen molar-refractivity contribution in [1.82, 2.24) is 25.4 Å². The van der Waals surface area contributed by atoms with Crippen LogP contribution in [-0.2, 0) is 7.05 Å². The predicted molar refractivity (Wildman–Crippen MR) is 77.2 cm³/mol. The van der Waals surface area contributed by atoms with E-state index >= 15 is 0 Å². The van der Waals surface area contributed by atoms with Crippen molar-refractivity contribution in [2.45, 2.75) is 64.0 Å². The lowest BCUT2D eigenvalue weighted by molar-refractivity contribution is 0.230. The first-order valence-corrected chi connectivity index (χ1v) is 7.57. The zero-order chi connectivity index (χ0) is 14.4. The second-order valence-electron chi connectivity index (χ2n) is 5.68. The summed E-state index contributed by atoms with van der Waals surface area (Å²) in [5.41, 5.74) is 0. The fourth-order valence-electron chi connectivity index (χ4n) is 2.77. The molecule has 0 unspecified atom stereocenters. The van der Waals surface area contributed by atoms with E-state index < -0.39 is 0 Å². The van der Waals surface area contributed by atoms with Gasteiger partial charge in [0.15, 0.2) is 5.82 Å². The molecule has 2 rings (SSSR count). The van der Waals surface area contributed by atoms with Crippen LogP contribution in [0, 0.1) is 0 Å². The number of nitrogens with one attached hydrogen (secondary N) is 2. The highest BCUT2D eigenvalue weighted by Gasteiger charge is 2.17. The molecule has 1 heterocycles. The van der Waals surface area contributed by atoms with Gasteiger partial charge >= 0.3 is 6.03 Å². The van der Waals surface area contributed by atoms with Gasteiger partial charge in [-0.1, -0.05) is 32.1 Å². The normalized spacial score (nSPS) is 18.9. The monoisotopic (exact) mass is 279 g/mol. The Labute approximate surface area is 120 Å². The lowest BCUT2D eigenvalue weighted by Gasteiger charge is -2.22. The Morgan fingerprint density at radius 2 is 1.95 bits per heavy atom. The zero-order valence-electron chi connectivity index (χ0n) is 12.4. The van der Waals surface area contributed by atoms with Gasteiger partial charge in [-0.3, -0.25) is 0 Å². The molecule has 0 aromatic carbocycles. The van der Waals surface area contributed by atoms with Gasteiger partial charge in [-0.15, -0.1) is 10.2 Å². The Bertz CT molecular complexity index is 423. The van der Waals surface area contributed by atoms with E-state index in [2.05, 4.69) is 20.8 Å². The number of hydrogen-bond acceptors (Lipinski definition) is 3. The number of aromatic nitrogens is 3. The van der Waals surface area contributed by atoms with E-state index in [0.29, 0.717) is 6.04 Å². The van der Waals surface area contributed by atoms with E-state index in [1.54, 1.807) is 6.33 Å². The maximum atomic E-state index is 12.0. The van der Waals surface area contributed by atoms with Crippen LogP contribution in [0.1, 0.15) is 63.7 Å². The first-order chi connectivity index (χ1) is 9.66. The van der Waals surface area contributed by atoms with Crippen molar-refractivity contribution in [2.75, 3.05) is 0 Å². The van der Waals surface area contributed by atoms with Crippen LogP contribution in [0.3, 0.4) is 0 Å². The highest BCUT2D eigenvalue weighted by molar-refractivity contribution is 5.74. The molecule has 0 bridgehead atoms. The maximum absolute atomic E-state index is 12.0. The minimum absolute atomic E-state index is 0.105. The van der Waals surface area contributed by atoms with Crippen LogP contribution in [-0.4, -0.2) is 26.8 Å². The molecule has 2 N–H and O–H groups in total. The number of aryl methyl sites for hydroxylation is 1. The summed E-state index contributed by atoms with van der Waals surface area (Å²) in [6.07, 6.45) is 10.2. The third-order valence-electron chi connectivity index (χ3n) is 3.92. The van der Waals surface area contributed by atoms with Gasteiger partial charge in [0.1, 0.15) is 6.33 Å². The summed E-state index contributed by atoms with van der Waals surface area (Å²) in [4.78, 5) is 12.0. The molecular weight excluding hydrogens is 254 g/mol. The molecule has 0 aliphatic heterocycles. The first-order valence-electron chi connectivity index (χ1n) is 7.57. The zero-order valence-corrected chi connectivity index (χ0v) is 12.4. The summed E-state index contributed by atoms with van der Waals surface area (Å²) in [6, 6.07) is 0.0594. The van der Waals surface area contributed by atoms with E-state index in [-0.39, 0.29) is 12.1 Å². The quantitative estimate of drug-likeness (QED) is 0.891. The SMILES string of the molecule is C[C@H](NC(=O)NC1CCCCCCC1)c1nncn1C. The lowest BCUT2D eigenvalue weighted by Crippen LogP contribution is -2.43. The fourth-order valence-corrected chi connectivity index (χ4v) is 2.77. The van der Waals surface area contributed by atoms with E-state index in [1.165, 1.54) is 32.1 Å². The number of hydrogen-bond donors (Lipinski definition) is 2. The van der Waals surface area contributed by atoms with Crippen LogP contribution in [0.5, 0.6) is 0 Å². The van der Waals surface area contributed by atoms with Gasteiger partial charge in [0.05, 0.1) is 6.04 Å².